The van der Waals surface area contributed by atoms with Gasteiger partial charge in [-0.05, 0) is 29.7 Å². The summed E-state index contributed by atoms with van der Waals surface area (Å²) in [6.45, 7) is 0. The Kier molecular flexibility index (Phi) is 2.65. The van der Waals surface area contributed by atoms with Gasteiger partial charge in [0, 0.05) is 5.39 Å². The number of fused-ring (bicyclic) bond motifs is 1. The summed E-state index contributed by atoms with van der Waals surface area (Å²) >= 11 is 0. The first-order valence-electron chi connectivity index (χ1n) is 4.86. The van der Waals surface area contributed by atoms with Gasteiger partial charge in [0.05, 0.1) is 11.1 Å². The van der Waals surface area contributed by atoms with Gasteiger partial charge < -0.3 is 10.2 Å². The smallest absolute Gasteiger partial charge is 0.416 e. The van der Waals surface area contributed by atoms with Crippen molar-refractivity contribution in [3.05, 3.63) is 41.5 Å². The average Bonchev–Trinajstić information content (AvgIpc) is 2.27. The van der Waals surface area contributed by atoms with Crippen LogP contribution in [0.1, 0.15) is 15.9 Å². The fourth-order valence-corrected chi connectivity index (χ4v) is 1.64. The van der Waals surface area contributed by atoms with E-state index in [0.29, 0.717) is 0 Å². The number of aromatic carboxylic acids is 1. The van der Waals surface area contributed by atoms with Crippen LogP contribution < -0.4 is 0 Å². The molecule has 6 heteroatoms. The highest BCUT2D eigenvalue weighted by Crippen LogP contribution is 2.34. The Morgan fingerprint density at radius 2 is 1.78 bits per heavy atom. The summed E-state index contributed by atoms with van der Waals surface area (Å²) in [4.78, 5) is 10.7. The second-order valence-corrected chi connectivity index (χ2v) is 3.73. The molecule has 0 saturated heterocycles. The van der Waals surface area contributed by atoms with Crippen molar-refractivity contribution in [3.8, 4) is 5.75 Å². The minimum Gasteiger partial charge on any atom is -0.507 e. The largest absolute Gasteiger partial charge is 0.507 e. The third kappa shape index (κ3) is 2.09. The Hall–Kier alpha value is -2.24. The van der Waals surface area contributed by atoms with Crippen LogP contribution in [0.3, 0.4) is 0 Å². The number of rotatable bonds is 1. The monoisotopic (exact) mass is 256 g/mol. The summed E-state index contributed by atoms with van der Waals surface area (Å²) in [5.74, 6) is -1.75. The summed E-state index contributed by atoms with van der Waals surface area (Å²) in [5.41, 5.74) is -1.08. The quantitative estimate of drug-likeness (QED) is 0.823. The molecular formula is C12H7F3O3. The molecule has 94 valence electrons. The molecule has 0 saturated carbocycles. The summed E-state index contributed by atoms with van der Waals surface area (Å²) in [5, 5.41) is 18.5. The van der Waals surface area contributed by atoms with Crippen molar-refractivity contribution in [1.82, 2.24) is 0 Å². The third-order valence-electron chi connectivity index (χ3n) is 2.51. The first-order chi connectivity index (χ1) is 8.29. The third-order valence-corrected chi connectivity index (χ3v) is 2.51. The van der Waals surface area contributed by atoms with Crippen LogP contribution in [0.5, 0.6) is 5.75 Å². The van der Waals surface area contributed by atoms with Crippen molar-refractivity contribution < 1.29 is 28.2 Å². The molecule has 0 radical (unpaired) electrons. The van der Waals surface area contributed by atoms with Crippen LogP contribution >= 0.6 is 0 Å². The molecule has 0 aliphatic rings. The molecule has 0 aromatic heterocycles. The van der Waals surface area contributed by atoms with Gasteiger partial charge in [-0.3, -0.25) is 0 Å². The van der Waals surface area contributed by atoms with E-state index in [4.69, 9.17) is 5.11 Å². The van der Waals surface area contributed by atoms with Crippen molar-refractivity contribution in [1.29, 1.82) is 0 Å². The minimum atomic E-state index is -4.51. The van der Waals surface area contributed by atoms with E-state index in [1.54, 1.807) is 0 Å². The molecule has 0 unspecified atom stereocenters. The van der Waals surface area contributed by atoms with E-state index >= 15 is 0 Å². The van der Waals surface area contributed by atoms with Gasteiger partial charge in [-0.1, -0.05) is 6.07 Å². The molecule has 0 fully saturated rings. The van der Waals surface area contributed by atoms with Gasteiger partial charge in [-0.2, -0.15) is 13.2 Å². The maximum absolute atomic E-state index is 12.5. The molecule has 0 aliphatic heterocycles. The Balaban J connectivity index is 2.69. The molecule has 0 spiro atoms. The molecule has 0 aliphatic carbocycles. The molecule has 0 atom stereocenters. The average molecular weight is 256 g/mol. The summed E-state index contributed by atoms with van der Waals surface area (Å²) in [7, 11) is 0. The van der Waals surface area contributed by atoms with E-state index < -0.39 is 23.5 Å². The van der Waals surface area contributed by atoms with Gasteiger partial charge in [0.25, 0.3) is 0 Å². The van der Waals surface area contributed by atoms with E-state index in [0.717, 1.165) is 24.3 Å². The van der Waals surface area contributed by atoms with Crippen molar-refractivity contribution in [2.75, 3.05) is 0 Å². The zero-order chi connectivity index (χ0) is 13.5. The van der Waals surface area contributed by atoms with Crippen molar-refractivity contribution in [2.24, 2.45) is 0 Å². The Bertz CT molecular complexity index is 632. The summed E-state index contributed by atoms with van der Waals surface area (Å²) in [6.07, 6.45) is -4.51. The predicted octanol–water partition coefficient (Wildman–Crippen LogP) is 3.26. The number of phenols is 1. The molecule has 2 aromatic rings. The number of hydrogen-bond donors (Lipinski definition) is 2. The van der Waals surface area contributed by atoms with Crippen LogP contribution in [0.4, 0.5) is 13.2 Å². The molecule has 18 heavy (non-hydrogen) atoms. The highest BCUT2D eigenvalue weighted by atomic mass is 19.4. The number of alkyl halides is 3. The second kappa shape index (κ2) is 3.90. The van der Waals surface area contributed by atoms with E-state index in [9.17, 15) is 23.1 Å². The first kappa shape index (κ1) is 12.2. The van der Waals surface area contributed by atoms with E-state index in [2.05, 4.69) is 0 Å². The predicted molar refractivity (Wildman–Crippen MR) is 57.6 cm³/mol. The molecule has 0 bridgehead atoms. The number of aromatic hydroxyl groups is 1. The number of phenolic OH excluding ortho intramolecular Hbond substituents is 1. The number of carbonyl (C=O) groups is 1. The summed E-state index contributed by atoms with van der Waals surface area (Å²) < 4.78 is 37.4. The lowest BCUT2D eigenvalue weighted by Crippen LogP contribution is -2.04. The zero-order valence-corrected chi connectivity index (χ0v) is 8.82. The normalized spacial score (nSPS) is 11.7. The first-order valence-corrected chi connectivity index (χ1v) is 4.86. The van der Waals surface area contributed by atoms with Gasteiger partial charge in [-0.15, -0.1) is 0 Å². The van der Waals surface area contributed by atoms with Gasteiger partial charge in [-0.25, -0.2) is 4.79 Å². The van der Waals surface area contributed by atoms with Crippen LogP contribution in [0.15, 0.2) is 30.3 Å². The second-order valence-electron chi connectivity index (χ2n) is 3.73. The van der Waals surface area contributed by atoms with Crippen LogP contribution in [0, 0.1) is 0 Å². The summed E-state index contributed by atoms with van der Waals surface area (Å²) in [6, 6.07) is 4.89. The lowest BCUT2D eigenvalue weighted by atomic mass is 10.0. The molecule has 2 aromatic carbocycles. The highest BCUT2D eigenvalue weighted by molar-refractivity contribution is 5.97. The van der Waals surface area contributed by atoms with Crippen molar-refractivity contribution in [3.63, 3.8) is 0 Å². The van der Waals surface area contributed by atoms with Crippen molar-refractivity contribution in [2.45, 2.75) is 6.18 Å². The Morgan fingerprint density at radius 3 is 2.33 bits per heavy atom. The number of carboxylic acids is 1. The van der Waals surface area contributed by atoms with Gasteiger partial charge in [0.15, 0.2) is 0 Å². The number of hydrogen-bond acceptors (Lipinski definition) is 2. The topological polar surface area (TPSA) is 57.5 Å². The molecule has 0 heterocycles. The maximum Gasteiger partial charge on any atom is 0.416 e. The van der Waals surface area contributed by atoms with Crippen LogP contribution in [-0.2, 0) is 6.18 Å². The number of carboxylic acid groups (broad SMARTS) is 1. The van der Waals surface area contributed by atoms with E-state index in [1.807, 2.05) is 0 Å². The van der Waals surface area contributed by atoms with Gasteiger partial charge in [0.2, 0.25) is 0 Å². The maximum atomic E-state index is 12.5. The van der Waals surface area contributed by atoms with E-state index in [1.165, 1.54) is 6.07 Å². The van der Waals surface area contributed by atoms with Crippen LogP contribution in [-0.4, -0.2) is 16.2 Å². The fourth-order valence-electron chi connectivity index (χ4n) is 1.64. The Morgan fingerprint density at radius 1 is 1.11 bits per heavy atom. The van der Waals surface area contributed by atoms with Crippen LogP contribution in [0.25, 0.3) is 10.8 Å². The Labute approximate surface area is 99.1 Å². The molecule has 3 nitrogen and oxygen atoms in total. The SMILES string of the molecule is O=C(O)c1cc(O)c2cc(C(F)(F)F)ccc2c1. The number of halogens is 3. The molecule has 2 N–H and O–H groups in total. The standard InChI is InChI=1S/C12H7F3O3/c13-12(14,15)8-2-1-6-3-7(11(17)18)4-10(16)9(6)5-8/h1-5,16H,(H,17,18). The zero-order valence-electron chi connectivity index (χ0n) is 8.82. The minimum absolute atomic E-state index is 0.0326. The van der Waals surface area contributed by atoms with Crippen molar-refractivity contribution >= 4 is 16.7 Å². The highest BCUT2D eigenvalue weighted by Gasteiger charge is 2.30. The molecule has 2 rings (SSSR count). The van der Waals surface area contributed by atoms with E-state index in [-0.39, 0.29) is 16.3 Å². The number of benzene rings is 2. The fraction of sp³-hybridized carbons (Fsp3) is 0.0833. The van der Waals surface area contributed by atoms with Gasteiger partial charge >= 0.3 is 12.1 Å². The van der Waals surface area contributed by atoms with Crippen LogP contribution in [0.2, 0.25) is 0 Å². The molecular weight excluding hydrogens is 249 g/mol. The van der Waals surface area contributed by atoms with Gasteiger partial charge in [0.1, 0.15) is 5.75 Å². The molecule has 0 amide bonds. The lowest BCUT2D eigenvalue weighted by Gasteiger charge is -2.09. The lowest BCUT2D eigenvalue weighted by molar-refractivity contribution is -0.137.